The SMILES string of the molecule is COc1ccc(OC)c(-n2c(SCC(=O)Nc3ccccc3C(C)(C)C)nnc2-c2cccc(S(=O)(=O)N(C)C)c2)c1. The Hall–Kier alpha value is -3.87. The zero-order valence-corrected chi connectivity index (χ0v) is 26.3. The second-order valence-electron chi connectivity index (χ2n) is 10.6. The highest BCUT2D eigenvalue weighted by Crippen LogP contribution is 2.36. The van der Waals surface area contributed by atoms with Gasteiger partial charge in [0.25, 0.3) is 0 Å². The van der Waals surface area contributed by atoms with Crippen molar-refractivity contribution in [3.8, 4) is 28.6 Å². The number of amides is 1. The fourth-order valence-electron chi connectivity index (χ4n) is 4.31. The average Bonchev–Trinajstić information content (AvgIpc) is 3.39. The third-order valence-corrected chi connectivity index (χ3v) is 9.21. The topological polar surface area (TPSA) is 116 Å². The van der Waals surface area contributed by atoms with Gasteiger partial charge in [0.15, 0.2) is 11.0 Å². The summed E-state index contributed by atoms with van der Waals surface area (Å²) in [5.41, 5.74) is 2.72. The van der Waals surface area contributed by atoms with Crippen LogP contribution in [0, 0.1) is 0 Å². The first-order valence-corrected chi connectivity index (χ1v) is 15.5. The minimum Gasteiger partial charge on any atom is -0.497 e. The highest BCUT2D eigenvalue weighted by atomic mass is 32.2. The lowest BCUT2D eigenvalue weighted by Crippen LogP contribution is -2.22. The van der Waals surface area contributed by atoms with E-state index in [2.05, 4.69) is 36.3 Å². The zero-order valence-electron chi connectivity index (χ0n) is 24.7. The van der Waals surface area contributed by atoms with E-state index >= 15 is 0 Å². The molecule has 1 N–H and O–H groups in total. The van der Waals surface area contributed by atoms with E-state index in [1.165, 1.54) is 31.9 Å². The van der Waals surface area contributed by atoms with Gasteiger partial charge in [0, 0.05) is 31.4 Å². The van der Waals surface area contributed by atoms with E-state index in [0.717, 1.165) is 15.6 Å². The van der Waals surface area contributed by atoms with Gasteiger partial charge in [-0.1, -0.05) is 62.9 Å². The summed E-state index contributed by atoms with van der Waals surface area (Å²) < 4.78 is 39.8. The van der Waals surface area contributed by atoms with Crippen LogP contribution in [0.2, 0.25) is 0 Å². The molecule has 1 amide bonds. The molecule has 0 aliphatic carbocycles. The minimum atomic E-state index is -3.69. The van der Waals surface area contributed by atoms with Crippen LogP contribution in [0.1, 0.15) is 26.3 Å². The Labute approximate surface area is 251 Å². The number of carbonyl (C=O) groups excluding carboxylic acids is 1. The number of methoxy groups -OCH3 is 2. The van der Waals surface area contributed by atoms with Crippen LogP contribution >= 0.6 is 11.8 Å². The van der Waals surface area contributed by atoms with Gasteiger partial charge >= 0.3 is 0 Å². The number of ether oxygens (including phenoxy) is 2. The number of para-hydroxylation sites is 1. The normalized spacial score (nSPS) is 11.9. The third-order valence-electron chi connectivity index (χ3n) is 6.47. The average molecular weight is 610 g/mol. The van der Waals surface area contributed by atoms with Crippen molar-refractivity contribution in [1.82, 2.24) is 19.1 Å². The number of benzene rings is 3. The number of sulfonamides is 1. The van der Waals surface area contributed by atoms with Gasteiger partial charge in [0.2, 0.25) is 15.9 Å². The van der Waals surface area contributed by atoms with Gasteiger partial charge in [0.1, 0.15) is 11.5 Å². The quantitative estimate of drug-likeness (QED) is 0.243. The molecule has 12 heteroatoms. The Morgan fingerprint density at radius 1 is 0.976 bits per heavy atom. The maximum Gasteiger partial charge on any atom is 0.242 e. The molecule has 1 aromatic heterocycles. The Morgan fingerprint density at radius 2 is 1.71 bits per heavy atom. The Bertz CT molecular complexity index is 1690. The number of hydrogen-bond donors (Lipinski definition) is 1. The molecule has 0 unspecified atom stereocenters. The Morgan fingerprint density at radius 3 is 2.38 bits per heavy atom. The molecule has 0 aliphatic rings. The van der Waals surface area contributed by atoms with Crippen LogP contribution in [-0.2, 0) is 20.2 Å². The van der Waals surface area contributed by atoms with Crippen LogP contribution < -0.4 is 14.8 Å². The van der Waals surface area contributed by atoms with Gasteiger partial charge in [0.05, 0.1) is 30.6 Å². The van der Waals surface area contributed by atoms with Crippen LogP contribution in [0.25, 0.3) is 17.1 Å². The maximum atomic E-state index is 13.1. The van der Waals surface area contributed by atoms with Crippen molar-refractivity contribution in [3.05, 3.63) is 72.3 Å². The third kappa shape index (κ3) is 6.61. The molecule has 4 rings (SSSR count). The molecule has 0 saturated heterocycles. The predicted molar refractivity (Wildman–Crippen MR) is 165 cm³/mol. The van der Waals surface area contributed by atoms with Gasteiger partial charge in [-0.15, -0.1) is 10.2 Å². The standard InChI is InChI=1S/C30H35N5O5S2/c1-30(2,3)23-13-8-9-14-24(23)31-27(36)19-41-29-33-32-28(20-11-10-12-22(17-20)42(37,38)34(4)5)35(29)25-18-21(39-6)15-16-26(25)40-7/h8-18H,19H2,1-7H3,(H,31,36). The molecule has 10 nitrogen and oxygen atoms in total. The number of thioether (sulfide) groups is 1. The highest BCUT2D eigenvalue weighted by Gasteiger charge is 2.24. The number of carbonyl (C=O) groups is 1. The number of nitrogens with zero attached hydrogens (tertiary/aromatic N) is 4. The van der Waals surface area contributed by atoms with Crippen LogP contribution in [0.4, 0.5) is 5.69 Å². The molecule has 0 radical (unpaired) electrons. The van der Waals surface area contributed by atoms with Crippen LogP contribution in [0.5, 0.6) is 11.5 Å². The lowest BCUT2D eigenvalue weighted by atomic mass is 9.86. The number of aromatic nitrogens is 3. The number of nitrogens with one attached hydrogen (secondary N) is 1. The summed E-state index contributed by atoms with van der Waals surface area (Å²) in [6, 6.07) is 19.5. The largest absolute Gasteiger partial charge is 0.497 e. The minimum absolute atomic E-state index is 0.0535. The van der Waals surface area contributed by atoms with Crippen molar-refractivity contribution in [2.75, 3.05) is 39.4 Å². The highest BCUT2D eigenvalue weighted by molar-refractivity contribution is 7.99. The van der Waals surface area contributed by atoms with Crippen molar-refractivity contribution < 1.29 is 22.7 Å². The molecule has 42 heavy (non-hydrogen) atoms. The van der Waals surface area contributed by atoms with Gasteiger partial charge in [-0.05, 0) is 41.3 Å². The van der Waals surface area contributed by atoms with Gasteiger partial charge in [-0.25, -0.2) is 12.7 Å². The summed E-state index contributed by atoms with van der Waals surface area (Å²) in [7, 11) is 2.37. The summed E-state index contributed by atoms with van der Waals surface area (Å²) in [5.74, 6) is 1.31. The molecule has 0 saturated carbocycles. The zero-order chi connectivity index (χ0) is 30.7. The predicted octanol–water partition coefficient (Wildman–Crippen LogP) is 5.23. The molecule has 0 aliphatic heterocycles. The molecule has 3 aromatic carbocycles. The lowest BCUT2D eigenvalue weighted by Gasteiger charge is -2.23. The molecular weight excluding hydrogens is 574 g/mol. The van der Waals surface area contributed by atoms with E-state index in [0.29, 0.717) is 33.7 Å². The molecule has 0 fully saturated rings. The molecule has 0 bridgehead atoms. The van der Waals surface area contributed by atoms with Gasteiger partial charge in [-0.3, -0.25) is 9.36 Å². The number of hydrogen-bond acceptors (Lipinski definition) is 8. The van der Waals surface area contributed by atoms with Crippen LogP contribution in [0.3, 0.4) is 0 Å². The smallest absolute Gasteiger partial charge is 0.242 e. The lowest BCUT2D eigenvalue weighted by molar-refractivity contribution is -0.113. The second-order valence-corrected chi connectivity index (χ2v) is 13.7. The molecule has 1 heterocycles. The first-order valence-electron chi connectivity index (χ1n) is 13.1. The summed E-state index contributed by atoms with van der Waals surface area (Å²) in [6.45, 7) is 6.28. The van der Waals surface area contributed by atoms with E-state index in [1.54, 1.807) is 55.2 Å². The van der Waals surface area contributed by atoms with E-state index < -0.39 is 10.0 Å². The van der Waals surface area contributed by atoms with E-state index in [1.807, 2.05) is 24.3 Å². The van der Waals surface area contributed by atoms with Gasteiger partial charge in [-0.2, -0.15) is 0 Å². The van der Waals surface area contributed by atoms with Crippen molar-refractivity contribution in [3.63, 3.8) is 0 Å². The fourth-order valence-corrected chi connectivity index (χ4v) is 6.00. The Balaban J connectivity index is 1.75. The van der Waals surface area contributed by atoms with Crippen molar-refractivity contribution >= 4 is 33.4 Å². The van der Waals surface area contributed by atoms with E-state index in [4.69, 9.17) is 9.47 Å². The molecule has 4 aromatic rings. The van der Waals surface area contributed by atoms with Gasteiger partial charge < -0.3 is 14.8 Å². The first-order chi connectivity index (χ1) is 19.9. The van der Waals surface area contributed by atoms with E-state index in [9.17, 15) is 13.2 Å². The second kappa shape index (κ2) is 12.6. The molecule has 222 valence electrons. The summed E-state index contributed by atoms with van der Waals surface area (Å²) in [6.07, 6.45) is 0. The molecular formula is C30H35N5O5S2. The van der Waals surface area contributed by atoms with Crippen LogP contribution in [0.15, 0.2) is 76.8 Å². The maximum absolute atomic E-state index is 13.1. The summed E-state index contributed by atoms with van der Waals surface area (Å²) in [4.78, 5) is 13.2. The van der Waals surface area contributed by atoms with Crippen molar-refractivity contribution in [2.24, 2.45) is 0 Å². The molecule has 0 spiro atoms. The van der Waals surface area contributed by atoms with Crippen LogP contribution in [-0.4, -0.2) is 67.5 Å². The van der Waals surface area contributed by atoms with E-state index in [-0.39, 0.29) is 22.0 Å². The molecule has 0 atom stereocenters. The summed E-state index contributed by atoms with van der Waals surface area (Å²) >= 11 is 1.20. The monoisotopic (exact) mass is 609 g/mol. The fraction of sp³-hybridized carbons (Fsp3) is 0.300. The number of rotatable bonds is 10. The summed E-state index contributed by atoms with van der Waals surface area (Å²) in [5, 5.41) is 12.3. The number of anilines is 1. The van der Waals surface area contributed by atoms with Crippen molar-refractivity contribution in [1.29, 1.82) is 0 Å². The Kier molecular flexibility index (Phi) is 9.29. The first kappa shape index (κ1) is 31.1. The van der Waals surface area contributed by atoms with Crippen molar-refractivity contribution in [2.45, 2.75) is 36.2 Å².